The number of ether oxygens (including phenoxy) is 1. The van der Waals surface area contributed by atoms with Gasteiger partial charge in [0.15, 0.2) is 11.9 Å². The highest BCUT2D eigenvalue weighted by molar-refractivity contribution is 5.89. The van der Waals surface area contributed by atoms with Gasteiger partial charge in [-0.1, -0.05) is 19.9 Å². The third-order valence-electron chi connectivity index (χ3n) is 2.76. The molecule has 0 bridgehead atoms. The van der Waals surface area contributed by atoms with E-state index in [-0.39, 0.29) is 0 Å². The maximum Gasteiger partial charge on any atom is 0.377 e. The highest BCUT2D eigenvalue weighted by atomic mass is 16.6. The lowest BCUT2D eigenvalue weighted by Gasteiger charge is -2.13. The number of aromatic nitrogens is 1. The van der Waals surface area contributed by atoms with E-state index >= 15 is 0 Å². The van der Waals surface area contributed by atoms with Crippen molar-refractivity contribution in [1.82, 2.24) is 4.98 Å². The van der Waals surface area contributed by atoms with E-state index in [0.717, 1.165) is 5.69 Å². The molecule has 1 aliphatic heterocycles. The lowest BCUT2D eigenvalue weighted by Crippen LogP contribution is -2.31. The molecule has 0 saturated carbocycles. The van der Waals surface area contributed by atoms with Gasteiger partial charge < -0.3 is 25.2 Å². The van der Waals surface area contributed by atoms with Crippen LogP contribution in [-0.2, 0) is 9.53 Å². The number of esters is 1. The van der Waals surface area contributed by atoms with Crippen LogP contribution in [0.1, 0.15) is 25.5 Å². The number of cyclic esters (lactones) is 1. The van der Waals surface area contributed by atoms with Gasteiger partial charge in [-0.2, -0.15) is 0 Å². The van der Waals surface area contributed by atoms with Crippen LogP contribution in [0.2, 0.25) is 0 Å². The Labute approximate surface area is 122 Å². The SMILES string of the molecule is CC(C)c1ccccn1.O=C1O[C@H](C(O)CO)C(O)=C1O. The van der Waals surface area contributed by atoms with E-state index in [9.17, 15) is 4.79 Å². The van der Waals surface area contributed by atoms with Gasteiger partial charge in [-0.05, 0) is 18.1 Å². The molecule has 4 N–H and O–H groups in total. The Morgan fingerprint density at radius 2 is 2.00 bits per heavy atom. The summed E-state index contributed by atoms with van der Waals surface area (Å²) in [6.07, 6.45) is -0.948. The molecule has 1 unspecified atom stereocenters. The Balaban J connectivity index is 0.000000219. The average Bonchev–Trinajstić information content (AvgIpc) is 2.75. The Morgan fingerprint density at radius 1 is 1.33 bits per heavy atom. The van der Waals surface area contributed by atoms with Crippen LogP contribution in [-0.4, -0.2) is 50.2 Å². The summed E-state index contributed by atoms with van der Waals surface area (Å²) in [7, 11) is 0. The van der Waals surface area contributed by atoms with Crippen LogP contribution in [0.4, 0.5) is 0 Å². The summed E-state index contributed by atoms with van der Waals surface area (Å²) >= 11 is 0. The van der Waals surface area contributed by atoms with Crippen molar-refractivity contribution in [2.24, 2.45) is 0 Å². The molecule has 116 valence electrons. The molecule has 2 heterocycles. The van der Waals surface area contributed by atoms with Crippen molar-refractivity contribution in [2.45, 2.75) is 32.0 Å². The number of nitrogens with zero attached hydrogens (tertiary/aromatic N) is 1. The quantitative estimate of drug-likeness (QED) is 0.609. The zero-order valence-electron chi connectivity index (χ0n) is 11.8. The Bertz CT molecular complexity index is 499. The maximum atomic E-state index is 10.5. The van der Waals surface area contributed by atoms with Crippen molar-refractivity contribution in [3.8, 4) is 0 Å². The molecule has 0 saturated heterocycles. The number of carbonyl (C=O) groups excluding carboxylic acids is 1. The summed E-state index contributed by atoms with van der Waals surface area (Å²) in [5.74, 6) is -2.23. The summed E-state index contributed by atoms with van der Waals surface area (Å²) in [6, 6.07) is 6.00. The summed E-state index contributed by atoms with van der Waals surface area (Å²) in [4.78, 5) is 14.7. The minimum atomic E-state index is -1.42. The molecule has 2 rings (SSSR count). The smallest absolute Gasteiger partial charge is 0.377 e. The van der Waals surface area contributed by atoms with Crippen molar-refractivity contribution >= 4 is 5.97 Å². The zero-order valence-corrected chi connectivity index (χ0v) is 11.8. The normalized spacial score (nSPS) is 19.1. The van der Waals surface area contributed by atoms with Gasteiger partial charge in [0, 0.05) is 11.9 Å². The number of carbonyl (C=O) groups is 1. The van der Waals surface area contributed by atoms with Crippen LogP contribution in [0.15, 0.2) is 35.9 Å². The number of rotatable bonds is 3. The number of hydrogen-bond donors (Lipinski definition) is 4. The first-order valence-electron chi connectivity index (χ1n) is 6.41. The molecule has 1 aromatic heterocycles. The highest BCUT2D eigenvalue weighted by Gasteiger charge is 2.38. The predicted octanol–water partition coefficient (Wildman–Crippen LogP) is 0.798. The van der Waals surface area contributed by atoms with E-state index in [4.69, 9.17) is 20.4 Å². The molecule has 7 nitrogen and oxygen atoms in total. The van der Waals surface area contributed by atoms with Crippen molar-refractivity contribution in [2.75, 3.05) is 6.61 Å². The fourth-order valence-electron chi connectivity index (χ4n) is 1.54. The van der Waals surface area contributed by atoms with Gasteiger partial charge in [-0.25, -0.2) is 4.79 Å². The lowest BCUT2D eigenvalue weighted by atomic mass is 10.1. The fourth-order valence-corrected chi connectivity index (χ4v) is 1.54. The second kappa shape index (κ2) is 7.61. The van der Waals surface area contributed by atoms with Crippen LogP contribution in [0.5, 0.6) is 0 Å². The summed E-state index contributed by atoms with van der Waals surface area (Å²) in [5.41, 5.74) is 1.16. The Hall–Kier alpha value is -2.12. The molecule has 0 aliphatic carbocycles. The van der Waals surface area contributed by atoms with Gasteiger partial charge in [-0.3, -0.25) is 4.98 Å². The number of hydrogen-bond acceptors (Lipinski definition) is 7. The molecule has 0 fully saturated rings. The molecule has 1 aliphatic rings. The zero-order chi connectivity index (χ0) is 16.0. The van der Waals surface area contributed by atoms with Gasteiger partial charge in [0.1, 0.15) is 6.10 Å². The van der Waals surface area contributed by atoms with Crippen LogP contribution in [0.25, 0.3) is 0 Å². The van der Waals surface area contributed by atoms with E-state index in [1.807, 2.05) is 24.4 Å². The third kappa shape index (κ3) is 4.44. The molecule has 21 heavy (non-hydrogen) atoms. The molecule has 7 heteroatoms. The van der Waals surface area contributed by atoms with Gasteiger partial charge in [0.2, 0.25) is 5.76 Å². The molecule has 0 aromatic carbocycles. The van der Waals surface area contributed by atoms with Crippen molar-refractivity contribution in [3.63, 3.8) is 0 Å². The maximum absolute atomic E-state index is 10.5. The molecule has 0 amide bonds. The number of aliphatic hydroxyl groups is 4. The van der Waals surface area contributed by atoms with Crippen molar-refractivity contribution in [3.05, 3.63) is 41.6 Å². The minimum Gasteiger partial charge on any atom is -0.505 e. The monoisotopic (exact) mass is 297 g/mol. The molecular formula is C14H19NO6. The van der Waals surface area contributed by atoms with Gasteiger partial charge in [0.05, 0.1) is 6.61 Å². The van der Waals surface area contributed by atoms with Crippen LogP contribution < -0.4 is 0 Å². The average molecular weight is 297 g/mol. The molecular weight excluding hydrogens is 278 g/mol. The first-order chi connectivity index (χ1) is 9.88. The van der Waals surface area contributed by atoms with Crippen molar-refractivity contribution in [1.29, 1.82) is 0 Å². The first kappa shape index (κ1) is 16.9. The molecule has 2 atom stereocenters. The van der Waals surface area contributed by atoms with Gasteiger partial charge in [-0.15, -0.1) is 0 Å². The topological polar surface area (TPSA) is 120 Å². The second-order valence-electron chi connectivity index (χ2n) is 4.72. The Kier molecular flexibility index (Phi) is 6.13. The third-order valence-corrected chi connectivity index (χ3v) is 2.76. The fraction of sp³-hybridized carbons (Fsp3) is 0.429. The lowest BCUT2D eigenvalue weighted by molar-refractivity contribution is -0.147. The summed E-state index contributed by atoms with van der Waals surface area (Å²) in [6.45, 7) is 3.61. The highest BCUT2D eigenvalue weighted by Crippen LogP contribution is 2.20. The van der Waals surface area contributed by atoms with E-state index in [2.05, 4.69) is 23.6 Å². The van der Waals surface area contributed by atoms with Crippen LogP contribution in [0, 0.1) is 0 Å². The first-order valence-corrected chi connectivity index (χ1v) is 6.41. The molecule has 1 aromatic rings. The van der Waals surface area contributed by atoms with E-state index in [0.29, 0.717) is 5.92 Å². The van der Waals surface area contributed by atoms with E-state index in [1.165, 1.54) is 0 Å². The minimum absolute atomic E-state index is 0.547. The molecule has 0 radical (unpaired) electrons. The summed E-state index contributed by atoms with van der Waals surface area (Å²) in [5, 5.41) is 35.0. The molecule has 0 spiro atoms. The van der Waals surface area contributed by atoms with Gasteiger partial charge >= 0.3 is 5.97 Å². The van der Waals surface area contributed by atoms with Gasteiger partial charge in [0.25, 0.3) is 0 Å². The van der Waals surface area contributed by atoms with E-state index < -0.39 is 36.3 Å². The predicted molar refractivity (Wildman–Crippen MR) is 73.6 cm³/mol. The van der Waals surface area contributed by atoms with Crippen LogP contribution in [0.3, 0.4) is 0 Å². The number of aliphatic hydroxyl groups excluding tert-OH is 4. The largest absolute Gasteiger partial charge is 0.505 e. The standard InChI is InChI=1S/C8H11N.C6H8O6/c1-7(2)8-5-3-4-6-9-8;7-1-2(8)5-3(9)4(10)6(11)12-5/h3-7H,1-2H3;2,5,7-10H,1H2/t;2?,5-/m.1/s1. The van der Waals surface area contributed by atoms with E-state index in [1.54, 1.807) is 0 Å². The Morgan fingerprint density at radius 3 is 2.33 bits per heavy atom. The summed E-state index contributed by atoms with van der Waals surface area (Å²) < 4.78 is 4.32. The second-order valence-corrected chi connectivity index (χ2v) is 4.72. The van der Waals surface area contributed by atoms with Crippen molar-refractivity contribution < 1.29 is 30.0 Å². The van der Waals surface area contributed by atoms with Crippen LogP contribution >= 0.6 is 0 Å². The number of pyridine rings is 1.